The highest BCUT2D eigenvalue weighted by molar-refractivity contribution is 5.36. The number of rotatable bonds is 5. The molecule has 0 bridgehead atoms. The van der Waals surface area contributed by atoms with Crippen molar-refractivity contribution in [3.63, 3.8) is 0 Å². The van der Waals surface area contributed by atoms with Crippen molar-refractivity contribution in [1.82, 2.24) is 9.80 Å². The second-order valence-corrected chi connectivity index (χ2v) is 8.57. The van der Waals surface area contributed by atoms with Crippen LogP contribution in [0.5, 0.6) is 5.75 Å². The standard InChI is InChI=1S/C25H34N2O/c1-20-9-5-7-13-23(20)24(19-21-10-6-8-14-25(21)28)27-17-15-26(16-18-27)22-11-3-2-4-12-22/h5-10,13-14,22,24,28H,2-4,11-12,15-19H2,1H3. The first-order valence-corrected chi connectivity index (χ1v) is 11.0. The van der Waals surface area contributed by atoms with Crippen LogP contribution in [0.3, 0.4) is 0 Å². The zero-order valence-electron chi connectivity index (χ0n) is 17.2. The van der Waals surface area contributed by atoms with E-state index >= 15 is 0 Å². The molecule has 2 aromatic carbocycles. The Morgan fingerprint density at radius 3 is 2.29 bits per heavy atom. The summed E-state index contributed by atoms with van der Waals surface area (Å²) in [4.78, 5) is 5.39. The molecule has 1 heterocycles. The third kappa shape index (κ3) is 4.42. The number of para-hydroxylation sites is 1. The number of nitrogens with zero attached hydrogens (tertiary/aromatic N) is 2. The summed E-state index contributed by atoms with van der Waals surface area (Å²) in [6, 6.07) is 17.7. The lowest BCUT2D eigenvalue weighted by atomic mass is 9.92. The van der Waals surface area contributed by atoms with Crippen LogP contribution >= 0.6 is 0 Å². The molecule has 4 rings (SSSR count). The number of hydrogen-bond donors (Lipinski definition) is 1. The summed E-state index contributed by atoms with van der Waals surface area (Å²) in [5.74, 6) is 0.418. The first-order valence-electron chi connectivity index (χ1n) is 11.0. The second kappa shape index (κ2) is 9.11. The van der Waals surface area contributed by atoms with Gasteiger partial charge >= 0.3 is 0 Å². The van der Waals surface area contributed by atoms with Gasteiger partial charge in [0.05, 0.1) is 0 Å². The number of aryl methyl sites for hydroxylation is 1. The summed E-state index contributed by atoms with van der Waals surface area (Å²) >= 11 is 0. The highest BCUT2D eigenvalue weighted by atomic mass is 16.3. The maximum atomic E-state index is 10.4. The van der Waals surface area contributed by atoms with E-state index in [0.717, 1.165) is 31.1 Å². The van der Waals surface area contributed by atoms with Gasteiger partial charge in [0.2, 0.25) is 0 Å². The number of piperazine rings is 1. The molecule has 1 atom stereocenters. The van der Waals surface area contributed by atoms with Gasteiger partial charge in [-0.2, -0.15) is 0 Å². The van der Waals surface area contributed by atoms with Gasteiger partial charge in [0, 0.05) is 38.3 Å². The maximum Gasteiger partial charge on any atom is 0.118 e. The fourth-order valence-electron chi connectivity index (χ4n) is 5.15. The number of phenols is 1. The molecule has 0 radical (unpaired) electrons. The Kier molecular flexibility index (Phi) is 6.33. The van der Waals surface area contributed by atoms with Gasteiger partial charge < -0.3 is 5.11 Å². The third-order valence-corrected chi connectivity index (χ3v) is 6.83. The van der Waals surface area contributed by atoms with Gasteiger partial charge in [0.1, 0.15) is 5.75 Å². The molecule has 0 spiro atoms. The van der Waals surface area contributed by atoms with Crippen LogP contribution < -0.4 is 0 Å². The summed E-state index contributed by atoms with van der Waals surface area (Å²) in [7, 11) is 0. The van der Waals surface area contributed by atoms with E-state index in [2.05, 4.69) is 47.1 Å². The van der Waals surface area contributed by atoms with Gasteiger partial charge in [-0.1, -0.05) is 61.7 Å². The van der Waals surface area contributed by atoms with E-state index in [1.807, 2.05) is 18.2 Å². The predicted octanol–water partition coefficient (Wildman–Crippen LogP) is 4.93. The first-order chi connectivity index (χ1) is 13.7. The molecule has 1 saturated heterocycles. The topological polar surface area (TPSA) is 26.7 Å². The van der Waals surface area contributed by atoms with Gasteiger partial charge in [-0.3, -0.25) is 9.80 Å². The average molecular weight is 379 g/mol. The molecule has 28 heavy (non-hydrogen) atoms. The SMILES string of the molecule is Cc1ccccc1C(Cc1ccccc1O)N1CCN(C2CCCCC2)CC1. The maximum absolute atomic E-state index is 10.4. The normalized spacial score (nSPS) is 20.9. The van der Waals surface area contributed by atoms with Crippen LogP contribution in [0, 0.1) is 6.92 Å². The lowest BCUT2D eigenvalue weighted by Gasteiger charge is -2.43. The predicted molar refractivity (Wildman–Crippen MR) is 116 cm³/mol. The fraction of sp³-hybridized carbons (Fsp3) is 0.520. The van der Waals surface area contributed by atoms with E-state index in [1.54, 1.807) is 0 Å². The molecule has 0 aromatic heterocycles. The number of hydrogen-bond acceptors (Lipinski definition) is 3. The van der Waals surface area contributed by atoms with Crippen molar-refractivity contribution in [2.24, 2.45) is 0 Å². The van der Waals surface area contributed by atoms with Crippen molar-refractivity contribution in [1.29, 1.82) is 0 Å². The van der Waals surface area contributed by atoms with Gasteiger partial charge in [0.15, 0.2) is 0 Å². The van der Waals surface area contributed by atoms with Crippen molar-refractivity contribution in [3.05, 3.63) is 65.2 Å². The van der Waals surface area contributed by atoms with Crippen molar-refractivity contribution < 1.29 is 5.11 Å². The molecule has 1 unspecified atom stereocenters. The third-order valence-electron chi connectivity index (χ3n) is 6.83. The molecule has 1 aliphatic heterocycles. The van der Waals surface area contributed by atoms with E-state index in [9.17, 15) is 5.11 Å². The van der Waals surface area contributed by atoms with Gasteiger partial charge in [0.25, 0.3) is 0 Å². The van der Waals surface area contributed by atoms with Crippen LogP contribution in [0.15, 0.2) is 48.5 Å². The molecule has 2 fully saturated rings. The minimum Gasteiger partial charge on any atom is -0.508 e. The van der Waals surface area contributed by atoms with Crippen molar-refractivity contribution in [2.75, 3.05) is 26.2 Å². The molecule has 3 heteroatoms. The molecule has 2 aromatic rings. The van der Waals surface area contributed by atoms with Crippen LogP contribution in [-0.2, 0) is 6.42 Å². The Hall–Kier alpha value is -1.84. The highest BCUT2D eigenvalue weighted by Crippen LogP contribution is 2.32. The van der Waals surface area contributed by atoms with E-state index in [-0.39, 0.29) is 0 Å². The fourth-order valence-corrected chi connectivity index (χ4v) is 5.15. The Labute approximate surface area is 170 Å². The van der Waals surface area contributed by atoms with Gasteiger partial charge in [-0.25, -0.2) is 0 Å². The molecule has 3 nitrogen and oxygen atoms in total. The van der Waals surface area contributed by atoms with Crippen LogP contribution in [-0.4, -0.2) is 47.1 Å². The molecular weight excluding hydrogens is 344 g/mol. The minimum absolute atomic E-state index is 0.322. The zero-order chi connectivity index (χ0) is 19.3. The van der Waals surface area contributed by atoms with Crippen LogP contribution in [0.2, 0.25) is 0 Å². The van der Waals surface area contributed by atoms with Gasteiger partial charge in [-0.05, 0) is 48.9 Å². The second-order valence-electron chi connectivity index (χ2n) is 8.57. The summed E-state index contributed by atoms with van der Waals surface area (Å²) in [5, 5.41) is 10.4. The van der Waals surface area contributed by atoms with Crippen LogP contribution in [0.4, 0.5) is 0 Å². The molecule has 0 amide bonds. The van der Waals surface area contributed by atoms with E-state index < -0.39 is 0 Å². The molecule has 1 saturated carbocycles. The minimum atomic E-state index is 0.322. The van der Waals surface area contributed by atoms with Crippen LogP contribution in [0.25, 0.3) is 0 Å². The van der Waals surface area contributed by atoms with E-state index in [1.165, 1.54) is 56.3 Å². The van der Waals surface area contributed by atoms with Gasteiger partial charge in [-0.15, -0.1) is 0 Å². The highest BCUT2D eigenvalue weighted by Gasteiger charge is 2.30. The zero-order valence-corrected chi connectivity index (χ0v) is 17.2. The van der Waals surface area contributed by atoms with Crippen LogP contribution in [0.1, 0.15) is 54.8 Å². The van der Waals surface area contributed by atoms with Crippen molar-refractivity contribution in [3.8, 4) is 5.75 Å². The Morgan fingerprint density at radius 2 is 1.57 bits per heavy atom. The summed E-state index contributed by atoms with van der Waals surface area (Å²) in [6.07, 6.45) is 7.87. The summed E-state index contributed by atoms with van der Waals surface area (Å²) in [6.45, 7) is 6.79. The Bertz CT molecular complexity index is 761. The lowest BCUT2D eigenvalue weighted by Crippen LogP contribution is -2.51. The lowest BCUT2D eigenvalue weighted by molar-refractivity contribution is 0.0557. The number of phenolic OH excluding ortho intramolecular Hbond substituents is 1. The monoisotopic (exact) mass is 378 g/mol. The Balaban J connectivity index is 1.51. The van der Waals surface area contributed by atoms with E-state index in [0.29, 0.717) is 11.8 Å². The van der Waals surface area contributed by atoms with Crippen molar-refractivity contribution >= 4 is 0 Å². The first kappa shape index (κ1) is 19.5. The largest absolute Gasteiger partial charge is 0.508 e. The number of benzene rings is 2. The molecule has 1 aliphatic carbocycles. The smallest absolute Gasteiger partial charge is 0.118 e. The quantitative estimate of drug-likeness (QED) is 0.799. The van der Waals surface area contributed by atoms with E-state index in [4.69, 9.17) is 0 Å². The summed E-state index contributed by atoms with van der Waals surface area (Å²) in [5.41, 5.74) is 3.79. The average Bonchev–Trinajstić information content (AvgIpc) is 2.75. The Morgan fingerprint density at radius 1 is 0.893 bits per heavy atom. The number of aromatic hydroxyl groups is 1. The molecule has 1 N–H and O–H groups in total. The molecule has 2 aliphatic rings. The molecule has 150 valence electrons. The summed E-state index contributed by atoms with van der Waals surface area (Å²) < 4.78 is 0. The van der Waals surface area contributed by atoms with Crippen molar-refractivity contribution in [2.45, 2.75) is 57.5 Å². The molecular formula is C25H34N2O.